The number of hydrogen-bond donors (Lipinski definition) is 2. The molecule has 1 unspecified atom stereocenters. The van der Waals surface area contributed by atoms with Crippen molar-refractivity contribution in [3.63, 3.8) is 0 Å². The van der Waals surface area contributed by atoms with E-state index in [0.717, 1.165) is 11.3 Å². The number of thiophene rings is 1. The molecule has 0 aliphatic carbocycles. The fourth-order valence-electron chi connectivity index (χ4n) is 2.03. The van der Waals surface area contributed by atoms with E-state index in [9.17, 15) is 4.79 Å². The number of aliphatic hydroxyl groups excluding tert-OH is 1. The summed E-state index contributed by atoms with van der Waals surface area (Å²) in [7, 11) is 1.64. The van der Waals surface area contributed by atoms with Gasteiger partial charge < -0.3 is 19.9 Å². The van der Waals surface area contributed by atoms with Crippen LogP contribution in [0.1, 0.15) is 28.1 Å². The summed E-state index contributed by atoms with van der Waals surface area (Å²) in [6.07, 6.45) is 1.22. The second kappa shape index (κ2) is 7.57. The summed E-state index contributed by atoms with van der Waals surface area (Å²) in [5.41, 5.74) is 0.189. The van der Waals surface area contributed by atoms with Crippen molar-refractivity contribution >= 4 is 17.2 Å². The molecule has 0 saturated carbocycles. The first-order valence-corrected chi connectivity index (χ1v) is 7.66. The van der Waals surface area contributed by atoms with E-state index in [0.29, 0.717) is 31.7 Å². The van der Waals surface area contributed by atoms with Gasteiger partial charge in [-0.2, -0.15) is 0 Å². The van der Waals surface area contributed by atoms with Gasteiger partial charge in [0.15, 0.2) is 0 Å². The van der Waals surface area contributed by atoms with Gasteiger partial charge in [-0.15, -0.1) is 11.3 Å². The van der Waals surface area contributed by atoms with Crippen molar-refractivity contribution < 1.29 is 19.4 Å². The summed E-state index contributed by atoms with van der Waals surface area (Å²) < 4.78 is 10.8. The molecule has 0 bridgehead atoms. The molecule has 2 N–H and O–H groups in total. The summed E-state index contributed by atoms with van der Waals surface area (Å²) in [4.78, 5) is 12.9. The van der Waals surface area contributed by atoms with Crippen LogP contribution in [0.5, 0.6) is 0 Å². The zero-order valence-electron chi connectivity index (χ0n) is 12.0. The highest BCUT2D eigenvalue weighted by atomic mass is 32.1. The normalized spacial score (nSPS) is 20.9. The Kier molecular flexibility index (Phi) is 5.76. The molecule has 1 aromatic rings. The molecular weight excluding hydrogens is 290 g/mol. The molecule has 1 aliphatic heterocycles. The lowest BCUT2D eigenvalue weighted by Crippen LogP contribution is -2.44. The van der Waals surface area contributed by atoms with Gasteiger partial charge in [0.1, 0.15) is 5.60 Å². The quantitative estimate of drug-likeness (QED) is 0.797. The van der Waals surface area contributed by atoms with Gasteiger partial charge >= 0.3 is 0 Å². The zero-order chi connectivity index (χ0) is 15.1. The molecule has 1 atom stereocenters. The molecule has 1 saturated heterocycles. The number of carbonyl (C=O) groups is 1. The van der Waals surface area contributed by atoms with Crippen LogP contribution < -0.4 is 5.32 Å². The molecule has 2 rings (SSSR count). The van der Waals surface area contributed by atoms with Crippen molar-refractivity contribution in [1.82, 2.24) is 5.32 Å². The summed E-state index contributed by atoms with van der Waals surface area (Å²) in [6.45, 7) is 1.65. The third-order valence-corrected chi connectivity index (χ3v) is 4.23. The van der Waals surface area contributed by atoms with Crippen LogP contribution in [0.2, 0.25) is 0 Å². The van der Waals surface area contributed by atoms with Crippen LogP contribution in [-0.2, 0) is 9.47 Å². The molecule has 1 fully saturated rings. The fourth-order valence-corrected chi connectivity index (χ4v) is 2.79. The Morgan fingerprint density at radius 3 is 3.19 bits per heavy atom. The number of amides is 1. The summed E-state index contributed by atoms with van der Waals surface area (Å²) in [6, 6.07) is 1.76. The van der Waals surface area contributed by atoms with E-state index in [1.54, 1.807) is 18.6 Å². The second-order valence-electron chi connectivity index (χ2n) is 4.85. The van der Waals surface area contributed by atoms with Gasteiger partial charge in [-0.1, -0.05) is 11.8 Å². The monoisotopic (exact) mass is 309 g/mol. The van der Waals surface area contributed by atoms with E-state index in [-0.39, 0.29) is 12.5 Å². The molecule has 2 heterocycles. The van der Waals surface area contributed by atoms with Crippen LogP contribution in [0.4, 0.5) is 0 Å². The van der Waals surface area contributed by atoms with E-state index >= 15 is 0 Å². The Hall–Kier alpha value is -1.39. The Bertz CT molecular complexity index is 537. The molecule has 1 aromatic heterocycles. The van der Waals surface area contributed by atoms with Gasteiger partial charge in [0.25, 0.3) is 5.91 Å². The topological polar surface area (TPSA) is 67.8 Å². The smallest absolute Gasteiger partial charge is 0.252 e. The average molecular weight is 309 g/mol. The standard InChI is InChI=1S/C15H19NO4S/c1-19-15(5-7-20-11-15)10-16-14(18)12-8-13(21-9-12)4-2-3-6-17/h8-9,17H,3,5-7,10-11H2,1H3,(H,16,18). The van der Waals surface area contributed by atoms with Crippen LogP contribution in [0.25, 0.3) is 0 Å². The van der Waals surface area contributed by atoms with Gasteiger partial charge in [0, 0.05) is 38.5 Å². The average Bonchev–Trinajstić information content (AvgIpc) is 3.15. The van der Waals surface area contributed by atoms with Crippen LogP contribution in [0, 0.1) is 11.8 Å². The van der Waals surface area contributed by atoms with Crippen molar-refractivity contribution in [2.45, 2.75) is 18.4 Å². The van der Waals surface area contributed by atoms with Crippen molar-refractivity contribution in [3.05, 3.63) is 21.9 Å². The fraction of sp³-hybridized carbons (Fsp3) is 0.533. The highest BCUT2D eigenvalue weighted by Crippen LogP contribution is 2.22. The molecule has 6 heteroatoms. The minimum atomic E-state index is -0.407. The van der Waals surface area contributed by atoms with Gasteiger partial charge in [-0.05, 0) is 6.07 Å². The van der Waals surface area contributed by atoms with Crippen molar-refractivity contribution in [1.29, 1.82) is 0 Å². The van der Waals surface area contributed by atoms with E-state index in [1.807, 2.05) is 0 Å². The Morgan fingerprint density at radius 2 is 2.52 bits per heavy atom. The number of hydrogen-bond acceptors (Lipinski definition) is 5. The largest absolute Gasteiger partial charge is 0.395 e. The summed E-state index contributed by atoms with van der Waals surface area (Å²) >= 11 is 1.42. The van der Waals surface area contributed by atoms with Crippen molar-refractivity contribution in [3.8, 4) is 11.8 Å². The maximum atomic E-state index is 12.1. The third kappa shape index (κ3) is 4.29. The van der Waals surface area contributed by atoms with Crippen LogP contribution in [0.15, 0.2) is 11.4 Å². The first kappa shape index (κ1) is 16.0. The molecular formula is C15H19NO4S. The van der Waals surface area contributed by atoms with Crippen molar-refractivity contribution in [2.75, 3.05) is 33.5 Å². The second-order valence-corrected chi connectivity index (χ2v) is 5.76. The molecule has 0 spiro atoms. The first-order chi connectivity index (χ1) is 10.2. The van der Waals surface area contributed by atoms with E-state index in [2.05, 4.69) is 17.2 Å². The minimum absolute atomic E-state index is 0.0485. The Morgan fingerprint density at radius 1 is 1.67 bits per heavy atom. The molecule has 0 aromatic carbocycles. The first-order valence-electron chi connectivity index (χ1n) is 6.78. The van der Waals surface area contributed by atoms with Gasteiger partial charge in [0.05, 0.1) is 23.7 Å². The molecule has 21 heavy (non-hydrogen) atoms. The van der Waals surface area contributed by atoms with Crippen LogP contribution >= 0.6 is 11.3 Å². The van der Waals surface area contributed by atoms with Crippen LogP contribution in [-0.4, -0.2) is 50.1 Å². The Labute approximate surface area is 128 Å². The number of nitrogens with one attached hydrogen (secondary N) is 1. The number of ether oxygens (including phenoxy) is 2. The van der Waals surface area contributed by atoms with E-state index in [4.69, 9.17) is 14.6 Å². The maximum Gasteiger partial charge on any atom is 0.252 e. The number of aliphatic hydroxyl groups is 1. The van der Waals surface area contributed by atoms with Crippen LogP contribution in [0.3, 0.4) is 0 Å². The van der Waals surface area contributed by atoms with Gasteiger partial charge in [-0.3, -0.25) is 4.79 Å². The minimum Gasteiger partial charge on any atom is -0.395 e. The van der Waals surface area contributed by atoms with Crippen molar-refractivity contribution in [2.24, 2.45) is 0 Å². The highest BCUT2D eigenvalue weighted by molar-refractivity contribution is 7.10. The molecule has 114 valence electrons. The molecule has 1 aliphatic rings. The van der Waals surface area contributed by atoms with Gasteiger partial charge in [0.2, 0.25) is 0 Å². The predicted octanol–water partition coefficient (Wildman–Crippen LogP) is 1.02. The zero-order valence-corrected chi connectivity index (χ0v) is 12.8. The SMILES string of the molecule is COC1(CNC(=O)c2csc(C#CCCO)c2)CCOC1. The lowest BCUT2D eigenvalue weighted by atomic mass is 10.0. The maximum absolute atomic E-state index is 12.1. The van der Waals surface area contributed by atoms with E-state index < -0.39 is 5.60 Å². The Balaban J connectivity index is 1.90. The number of methoxy groups -OCH3 is 1. The number of rotatable bonds is 5. The van der Waals surface area contributed by atoms with Gasteiger partial charge in [-0.25, -0.2) is 0 Å². The molecule has 5 nitrogen and oxygen atoms in total. The summed E-state index contributed by atoms with van der Waals surface area (Å²) in [5, 5.41) is 13.3. The lowest BCUT2D eigenvalue weighted by Gasteiger charge is -2.25. The predicted molar refractivity (Wildman–Crippen MR) is 80.4 cm³/mol. The highest BCUT2D eigenvalue weighted by Gasteiger charge is 2.35. The molecule has 1 amide bonds. The lowest BCUT2D eigenvalue weighted by molar-refractivity contribution is -0.0148. The number of carbonyl (C=O) groups excluding carboxylic acids is 1. The third-order valence-electron chi connectivity index (χ3n) is 3.38. The molecule has 0 radical (unpaired) electrons. The summed E-state index contributed by atoms with van der Waals surface area (Å²) in [5.74, 6) is 5.62. The van der Waals surface area contributed by atoms with E-state index in [1.165, 1.54) is 11.3 Å².